The van der Waals surface area contributed by atoms with Gasteiger partial charge >= 0.3 is 0 Å². The average molecular weight is 306 g/mol. The summed E-state index contributed by atoms with van der Waals surface area (Å²) in [5, 5.41) is 2.90. The molecule has 2 amide bonds. The van der Waals surface area contributed by atoms with Crippen LogP contribution in [0.2, 0.25) is 0 Å². The Balaban J connectivity index is 2.19. The van der Waals surface area contributed by atoms with Crippen molar-refractivity contribution in [2.24, 2.45) is 5.92 Å². The summed E-state index contributed by atoms with van der Waals surface area (Å²) in [5.41, 5.74) is 0.861. The van der Waals surface area contributed by atoms with Crippen LogP contribution in [-0.4, -0.2) is 30.2 Å². The lowest BCUT2D eigenvalue weighted by Gasteiger charge is -2.37. The molecular weight excluding hydrogens is 284 g/mol. The van der Waals surface area contributed by atoms with Crippen LogP contribution in [0.5, 0.6) is 0 Å². The molecule has 1 aliphatic rings. The molecule has 2 rings (SSSR count). The van der Waals surface area contributed by atoms with Crippen molar-refractivity contribution in [3.8, 4) is 0 Å². The van der Waals surface area contributed by atoms with Crippen LogP contribution in [0.1, 0.15) is 27.2 Å². The second-order valence-corrected chi connectivity index (χ2v) is 7.37. The van der Waals surface area contributed by atoms with Gasteiger partial charge < -0.3 is 10.2 Å². The van der Waals surface area contributed by atoms with Crippen LogP contribution in [-0.2, 0) is 9.59 Å². The zero-order chi connectivity index (χ0) is 15.6. The first-order valence-electron chi connectivity index (χ1n) is 7.20. The summed E-state index contributed by atoms with van der Waals surface area (Å²) in [7, 11) is 1.72. The number of amides is 2. The minimum absolute atomic E-state index is 0.173. The number of carbonyl (C=O) groups excluding carboxylic acids is 2. The number of thioether (sulfide) groups is 1. The van der Waals surface area contributed by atoms with E-state index in [2.05, 4.69) is 19.2 Å². The fourth-order valence-corrected chi connectivity index (χ4v) is 3.59. The van der Waals surface area contributed by atoms with Crippen molar-refractivity contribution in [2.45, 2.75) is 36.8 Å². The van der Waals surface area contributed by atoms with Crippen LogP contribution in [0.4, 0.5) is 5.69 Å². The van der Waals surface area contributed by atoms with Gasteiger partial charge in [-0.25, -0.2) is 0 Å². The summed E-state index contributed by atoms with van der Waals surface area (Å²) >= 11 is 1.33. The van der Waals surface area contributed by atoms with Gasteiger partial charge in [0.05, 0.1) is 5.69 Å². The molecule has 1 aliphatic heterocycles. The molecule has 21 heavy (non-hydrogen) atoms. The average Bonchev–Trinajstić information content (AvgIpc) is 2.44. The highest BCUT2D eigenvalue weighted by Crippen LogP contribution is 2.44. The summed E-state index contributed by atoms with van der Waals surface area (Å²) in [6.07, 6.45) is 0.910. The van der Waals surface area contributed by atoms with E-state index < -0.39 is 4.75 Å². The van der Waals surface area contributed by atoms with Crippen LogP contribution in [0, 0.1) is 5.92 Å². The van der Waals surface area contributed by atoms with Crippen molar-refractivity contribution in [1.82, 2.24) is 5.32 Å². The second kappa shape index (κ2) is 6.10. The summed E-state index contributed by atoms with van der Waals surface area (Å²) in [6, 6.07) is 7.67. The smallest absolute Gasteiger partial charge is 0.252 e. The number of benzene rings is 1. The summed E-state index contributed by atoms with van der Waals surface area (Å²) in [4.78, 5) is 27.6. The molecule has 1 atom stereocenters. The molecule has 0 aliphatic carbocycles. The minimum atomic E-state index is -1.10. The van der Waals surface area contributed by atoms with Crippen LogP contribution in [0.25, 0.3) is 0 Å². The van der Waals surface area contributed by atoms with Crippen molar-refractivity contribution < 1.29 is 9.59 Å². The Hall–Kier alpha value is -1.49. The van der Waals surface area contributed by atoms with Crippen molar-refractivity contribution in [3.05, 3.63) is 24.3 Å². The van der Waals surface area contributed by atoms with Crippen molar-refractivity contribution in [3.63, 3.8) is 0 Å². The van der Waals surface area contributed by atoms with Crippen LogP contribution >= 0.6 is 11.8 Å². The molecule has 1 unspecified atom stereocenters. The first-order chi connectivity index (χ1) is 9.86. The van der Waals surface area contributed by atoms with Gasteiger partial charge in [0.15, 0.2) is 4.75 Å². The standard InChI is InChI=1S/C16H22N2O2S/c1-11(2)9-10-17-14(19)16(3)15(20)18(4)12-7-5-6-8-13(12)21-16/h5-8,11H,9-10H2,1-4H3,(H,17,19). The van der Waals surface area contributed by atoms with Crippen LogP contribution in [0.3, 0.4) is 0 Å². The zero-order valence-corrected chi connectivity index (χ0v) is 13.8. The summed E-state index contributed by atoms with van der Waals surface area (Å²) in [5.74, 6) is 0.143. The topological polar surface area (TPSA) is 49.4 Å². The Morgan fingerprint density at radius 2 is 2.05 bits per heavy atom. The van der Waals surface area contributed by atoms with E-state index in [4.69, 9.17) is 0 Å². The van der Waals surface area contributed by atoms with Crippen molar-refractivity contribution in [2.75, 3.05) is 18.5 Å². The Morgan fingerprint density at radius 3 is 2.71 bits per heavy atom. The normalized spacial score (nSPS) is 21.4. The monoisotopic (exact) mass is 306 g/mol. The Labute approximate surface area is 130 Å². The number of rotatable bonds is 4. The lowest BCUT2D eigenvalue weighted by atomic mass is 10.1. The van der Waals surface area contributed by atoms with Crippen molar-refractivity contribution in [1.29, 1.82) is 0 Å². The Kier molecular flexibility index (Phi) is 4.61. The largest absolute Gasteiger partial charge is 0.354 e. The lowest BCUT2D eigenvalue weighted by molar-refractivity contribution is -0.131. The molecule has 114 valence electrons. The van der Waals surface area contributed by atoms with Crippen LogP contribution in [0.15, 0.2) is 29.2 Å². The number of para-hydroxylation sites is 1. The van der Waals surface area contributed by atoms with E-state index in [1.54, 1.807) is 18.9 Å². The van der Waals surface area contributed by atoms with E-state index in [1.165, 1.54) is 11.8 Å². The first kappa shape index (κ1) is 15.9. The van der Waals surface area contributed by atoms with Gasteiger partial charge in [-0.2, -0.15) is 0 Å². The van der Waals surface area contributed by atoms with E-state index in [0.717, 1.165) is 17.0 Å². The quantitative estimate of drug-likeness (QED) is 0.870. The van der Waals surface area contributed by atoms with Gasteiger partial charge in [0.2, 0.25) is 5.91 Å². The predicted octanol–water partition coefficient (Wildman–Crippen LogP) is 2.68. The zero-order valence-electron chi connectivity index (χ0n) is 13.0. The van der Waals surface area contributed by atoms with Gasteiger partial charge in [-0.1, -0.05) is 37.7 Å². The maximum absolute atomic E-state index is 12.6. The van der Waals surface area contributed by atoms with Gasteiger partial charge in [0.1, 0.15) is 0 Å². The first-order valence-corrected chi connectivity index (χ1v) is 8.02. The fourth-order valence-electron chi connectivity index (χ4n) is 2.30. The van der Waals surface area contributed by atoms with Gasteiger partial charge in [0.25, 0.3) is 5.91 Å². The second-order valence-electron chi connectivity index (χ2n) is 5.91. The molecule has 0 radical (unpaired) electrons. The molecule has 0 saturated heterocycles. The number of hydrogen-bond acceptors (Lipinski definition) is 3. The van der Waals surface area contributed by atoms with Gasteiger partial charge in [-0.3, -0.25) is 9.59 Å². The lowest BCUT2D eigenvalue weighted by Crippen LogP contribution is -2.55. The molecule has 1 N–H and O–H groups in total. The number of nitrogens with one attached hydrogen (secondary N) is 1. The minimum Gasteiger partial charge on any atom is -0.354 e. The van der Waals surface area contributed by atoms with Gasteiger partial charge in [-0.05, 0) is 31.4 Å². The molecule has 0 aromatic heterocycles. The highest BCUT2D eigenvalue weighted by Gasteiger charge is 2.47. The molecule has 0 spiro atoms. The third kappa shape index (κ3) is 3.07. The number of nitrogens with zero attached hydrogens (tertiary/aromatic N) is 1. The molecule has 1 heterocycles. The Morgan fingerprint density at radius 1 is 1.38 bits per heavy atom. The van der Waals surface area contributed by atoms with Crippen molar-refractivity contribution >= 4 is 29.3 Å². The summed E-state index contributed by atoms with van der Waals surface area (Å²) < 4.78 is -1.10. The Bertz CT molecular complexity index is 559. The number of fused-ring (bicyclic) bond motifs is 1. The predicted molar refractivity (Wildman–Crippen MR) is 86.6 cm³/mol. The molecule has 5 heteroatoms. The van der Waals surface area contributed by atoms with Gasteiger partial charge in [-0.15, -0.1) is 0 Å². The summed E-state index contributed by atoms with van der Waals surface area (Å²) in [6.45, 7) is 6.53. The third-order valence-electron chi connectivity index (χ3n) is 3.69. The van der Waals surface area contributed by atoms with E-state index >= 15 is 0 Å². The molecule has 1 aromatic carbocycles. The highest BCUT2D eigenvalue weighted by molar-refractivity contribution is 8.02. The molecule has 0 bridgehead atoms. The number of anilines is 1. The van der Waals surface area contributed by atoms with E-state index in [0.29, 0.717) is 12.5 Å². The molecule has 1 aromatic rings. The maximum atomic E-state index is 12.6. The molecular formula is C16H22N2O2S. The third-order valence-corrected chi connectivity index (χ3v) is 5.03. The van der Waals surface area contributed by atoms with E-state index in [1.807, 2.05) is 24.3 Å². The fraction of sp³-hybridized carbons (Fsp3) is 0.500. The van der Waals surface area contributed by atoms with E-state index in [-0.39, 0.29) is 11.8 Å². The number of hydrogen-bond donors (Lipinski definition) is 1. The van der Waals surface area contributed by atoms with Crippen LogP contribution < -0.4 is 10.2 Å². The highest BCUT2D eigenvalue weighted by atomic mass is 32.2. The van der Waals surface area contributed by atoms with Gasteiger partial charge in [0, 0.05) is 18.5 Å². The number of carbonyl (C=O) groups is 2. The SMILES string of the molecule is CC(C)CCNC(=O)C1(C)Sc2ccccc2N(C)C1=O. The van der Waals surface area contributed by atoms with E-state index in [9.17, 15) is 9.59 Å². The molecule has 0 saturated carbocycles. The molecule has 0 fully saturated rings. The molecule has 4 nitrogen and oxygen atoms in total. The maximum Gasteiger partial charge on any atom is 0.252 e.